The van der Waals surface area contributed by atoms with Gasteiger partial charge >= 0.3 is 0 Å². The second-order valence-corrected chi connectivity index (χ2v) is 4.15. The lowest BCUT2D eigenvalue weighted by molar-refractivity contribution is 0.483. The first kappa shape index (κ1) is 11.4. The standard InChI is InChI=1S/C12H7BCl2O/c13-8-1-3-11(4-2-8)16-12-6-9(14)5-10(15)7-12/h1-7H. The van der Waals surface area contributed by atoms with Gasteiger partial charge in [-0.15, -0.1) is 0 Å². The highest BCUT2D eigenvalue weighted by Crippen LogP contribution is 2.27. The molecule has 1 nitrogen and oxygen atoms in total. The van der Waals surface area contributed by atoms with Crippen LogP contribution in [0.25, 0.3) is 0 Å². The third-order valence-electron chi connectivity index (χ3n) is 1.95. The Bertz CT molecular complexity index is 477. The SMILES string of the molecule is [B]c1ccc(Oc2cc(Cl)cc(Cl)c2)cc1. The Hall–Kier alpha value is -1.12. The molecular formula is C12H7BCl2O. The van der Waals surface area contributed by atoms with E-state index in [-0.39, 0.29) is 0 Å². The number of hydrogen-bond donors (Lipinski definition) is 0. The monoisotopic (exact) mass is 248 g/mol. The van der Waals surface area contributed by atoms with Crippen LogP contribution in [-0.4, -0.2) is 7.85 Å². The molecule has 78 valence electrons. The highest BCUT2D eigenvalue weighted by molar-refractivity contribution is 6.34. The van der Waals surface area contributed by atoms with Crippen LogP contribution in [0.15, 0.2) is 42.5 Å². The van der Waals surface area contributed by atoms with Gasteiger partial charge in [0.2, 0.25) is 0 Å². The maximum absolute atomic E-state index is 5.86. The topological polar surface area (TPSA) is 9.23 Å². The maximum atomic E-state index is 5.86. The minimum absolute atomic E-state index is 0.540. The van der Waals surface area contributed by atoms with Gasteiger partial charge in [0.25, 0.3) is 0 Å². The van der Waals surface area contributed by atoms with E-state index in [0.29, 0.717) is 27.0 Å². The quantitative estimate of drug-likeness (QED) is 0.739. The molecule has 0 aliphatic rings. The van der Waals surface area contributed by atoms with Crippen molar-refractivity contribution in [3.05, 3.63) is 52.5 Å². The van der Waals surface area contributed by atoms with Crippen LogP contribution < -0.4 is 10.2 Å². The van der Waals surface area contributed by atoms with Crippen LogP contribution >= 0.6 is 23.2 Å². The van der Waals surface area contributed by atoms with Crippen LogP contribution in [0.3, 0.4) is 0 Å². The molecule has 0 atom stereocenters. The first-order valence-electron chi connectivity index (χ1n) is 4.63. The fraction of sp³-hybridized carbons (Fsp3) is 0. The van der Waals surface area contributed by atoms with Crippen molar-refractivity contribution < 1.29 is 4.74 Å². The summed E-state index contributed by atoms with van der Waals surface area (Å²) >= 11 is 11.7. The van der Waals surface area contributed by atoms with Crippen molar-refractivity contribution in [3.8, 4) is 11.5 Å². The van der Waals surface area contributed by atoms with E-state index >= 15 is 0 Å². The van der Waals surface area contributed by atoms with E-state index in [1.165, 1.54) is 0 Å². The zero-order chi connectivity index (χ0) is 11.5. The Kier molecular flexibility index (Phi) is 3.42. The van der Waals surface area contributed by atoms with E-state index in [0.717, 1.165) is 0 Å². The van der Waals surface area contributed by atoms with E-state index in [1.54, 1.807) is 42.5 Å². The van der Waals surface area contributed by atoms with Gasteiger partial charge < -0.3 is 4.74 Å². The second kappa shape index (κ2) is 4.81. The number of halogens is 2. The average Bonchev–Trinajstić information content (AvgIpc) is 2.20. The van der Waals surface area contributed by atoms with Crippen molar-refractivity contribution >= 4 is 36.5 Å². The average molecular weight is 249 g/mol. The molecule has 0 spiro atoms. The Labute approximate surface area is 105 Å². The summed E-state index contributed by atoms with van der Waals surface area (Å²) in [5.74, 6) is 1.29. The molecule has 0 amide bonds. The van der Waals surface area contributed by atoms with Crippen molar-refractivity contribution in [2.75, 3.05) is 0 Å². The number of rotatable bonds is 2. The molecule has 0 bridgehead atoms. The minimum atomic E-state index is 0.540. The van der Waals surface area contributed by atoms with Gasteiger partial charge in [0.1, 0.15) is 19.3 Å². The van der Waals surface area contributed by atoms with Crippen molar-refractivity contribution in [2.24, 2.45) is 0 Å². The molecule has 0 N–H and O–H groups in total. The lowest BCUT2D eigenvalue weighted by Gasteiger charge is -2.06. The van der Waals surface area contributed by atoms with Crippen LogP contribution in [0, 0.1) is 0 Å². The molecule has 2 radical (unpaired) electrons. The van der Waals surface area contributed by atoms with Crippen LogP contribution in [0.1, 0.15) is 0 Å². The molecular weight excluding hydrogens is 242 g/mol. The van der Waals surface area contributed by atoms with Crippen molar-refractivity contribution in [2.45, 2.75) is 0 Å². The highest BCUT2D eigenvalue weighted by atomic mass is 35.5. The zero-order valence-electron chi connectivity index (χ0n) is 8.28. The Balaban J connectivity index is 2.23. The summed E-state index contributed by atoms with van der Waals surface area (Å²) in [7, 11) is 5.57. The van der Waals surface area contributed by atoms with Crippen molar-refractivity contribution in [1.82, 2.24) is 0 Å². The number of ether oxygens (including phenoxy) is 1. The van der Waals surface area contributed by atoms with E-state index in [1.807, 2.05) is 0 Å². The lowest BCUT2D eigenvalue weighted by atomic mass is 9.97. The summed E-state index contributed by atoms with van der Waals surface area (Å²) < 4.78 is 5.57. The Morgan fingerprint density at radius 3 is 1.94 bits per heavy atom. The Morgan fingerprint density at radius 1 is 0.812 bits per heavy atom. The molecule has 2 rings (SSSR count). The highest BCUT2D eigenvalue weighted by Gasteiger charge is 2.00. The molecule has 0 unspecified atom stereocenters. The summed E-state index contributed by atoms with van der Waals surface area (Å²) in [6, 6.07) is 12.1. The fourth-order valence-corrected chi connectivity index (χ4v) is 1.77. The largest absolute Gasteiger partial charge is 0.457 e. The van der Waals surface area contributed by atoms with E-state index in [2.05, 4.69) is 0 Å². The zero-order valence-corrected chi connectivity index (χ0v) is 9.79. The number of benzene rings is 2. The first-order valence-corrected chi connectivity index (χ1v) is 5.38. The molecule has 0 aliphatic heterocycles. The smallest absolute Gasteiger partial charge is 0.130 e. The van der Waals surface area contributed by atoms with Crippen LogP contribution in [0.5, 0.6) is 11.5 Å². The van der Waals surface area contributed by atoms with Gasteiger partial charge in [0, 0.05) is 10.0 Å². The van der Waals surface area contributed by atoms with E-state index in [9.17, 15) is 0 Å². The maximum Gasteiger partial charge on any atom is 0.130 e. The predicted octanol–water partition coefficient (Wildman–Crippen LogP) is 3.58. The predicted molar refractivity (Wildman–Crippen MR) is 68.4 cm³/mol. The molecule has 0 aromatic heterocycles. The summed E-state index contributed by atoms with van der Waals surface area (Å²) in [5.41, 5.74) is 0.691. The summed E-state index contributed by atoms with van der Waals surface area (Å²) in [6.45, 7) is 0. The molecule has 0 heterocycles. The Morgan fingerprint density at radius 2 is 1.38 bits per heavy atom. The molecule has 0 aliphatic carbocycles. The van der Waals surface area contributed by atoms with E-state index < -0.39 is 0 Å². The molecule has 16 heavy (non-hydrogen) atoms. The van der Waals surface area contributed by atoms with Crippen LogP contribution in [0.2, 0.25) is 10.0 Å². The van der Waals surface area contributed by atoms with Gasteiger partial charge in [-0.1, -0.05) is 40.8 Å². The molecule has 2 aromatic carbocycles. The summed E-state index contributed by atoms with van der Waals surface area (Å²) in [6.07, 6.45) is 0. The van der Waals surface area contributed by atoms with E-state index in [4.69, 9.17) is 35.8 Å². The van der Waals surface area contributed by atoms with Gasteiger partial charge in [-0.05, 0) is 30.3 Å². The van der Waals surface area contributed by atoms with Gasteiger partial charge in [-0.3, -0.25) is 0 Å². The molecule has 4 heteroatoms. The number of hydrogen-bond acceptors (Lipinski definition) is 1. The third kappa shape index (κ3) is 2.94. The van der Waals surface area contributed by atoms with Crippen molar-refractivity contribution in [3.63, 3.8) is 0 Å². The molecule has 0 fully saturated rings. The van der Waals surface area contributed by atoms with Gasteiger partial charge in [-0.25, -0.2) is 0 Å². The van der Waals surface area contributed by atoms with Gasteiger partial charge in [0.15, 0.2) is 0 Å². The van der Waals surface area contributed by atoms with Gasteiger partial charge in [-0.2, -0.15) is 0 Å². The molecule has 0 saturated carbocycles. The van der Waals surface area contributed by atoms with Crippen LogP contribution in [-0.2, 0) is 0 Å². The summed E-state index contributed by atoms with van der Waals surface area (Å²) in [5, 5.41) is 1.08. The third-order valence-corrected chi connectivity index (χ3v) is 2.39. The fourth-order valence-electron chi connectivity index (χ4n) is 1.26. The second-order valence-electron chi connectivity index (χ2n) is 3.28. The molecule has 2 aromatic rings. The molecule has 0 saturated heterocycles. The normalized spacial score (nSPS) is 10.1. The first-order chi connectivity index (χ1) is 7.63. The minimum Gasteiger partial charge on any atom is -0.457 e. The van der Waals surface area contributed by atoms with Crippen molar-refractivity contribution in [1.29, 1.82) is 0 Å². The lowest BCUT2D eigenvalue weighted by Crippen LogP contribution is -1.99. The van der Waals surface area contributed by atoms with Gasteiger partial charge in [0.05, 0.1) is 0 Å². The van der Waals surface area contributed by atoms with Crippen LogP contribution in [0.4, 0.5) is 0 Å². The summed E-state index contributed by atoms with van der Waals surface area (Å²) in [4.78, 5) is 0.